The van der Waals surface area contributed by atoms with Crippen molar-refractivity contribution in [3.63, 3.8) is 0 Å². The van der Waals surface area contributed by atoms with E-state index in [0.717, 1.165) is 17.0 Å². The number of thiophene rings is 1. The Morgan fingerprint density at radius 1 is 1.50 bits per heavy atom. The number of fused-ring (bicyclic) bond motifs is 1. The van der Waals surface area contributed by atoms with Crippen LogP contribution in [-0.4, -0.2) is 19.5 Å². The SMILES string of the molecule is CNC1C(=O)N(c2ccoc2)CCc2ccsc21. The fourth-order valence-corrected chi connectivity index (χ4v) is 3.39. The van der Waals surface area contributed by atoms with Gasteiger partial charge in [-0.05, 0) is 30.5 Å². The first-order chi connectivity index (χ1) is 8.81. The molecule has 1 amide bonds. The Kier molecular flexibility index (Phi) is 2.93. The summed E-state index contributed by atoms with van der Waals surface area (Å²) >= 11 is 1.64. The molecule has 94 valence electrons. The third-order valence-electron chi connectivity index (χ3n) is 3.27. The number of anilines is 1. The molecule has 1 N–H and O–H groups in total. The summed E-state index contributed by atoms with van der Waals surface area (Å²) in [7, 11) is 1.82. The second kappa shape index (κ2) is 4.59. The van der Waals surface area contributed by atoms with Gasteiger partial charge in [-0.2, -0.15) is 0 Å². The van der Waals surface area contributed by atoms with Crippen LogP contribution in [0.25, 0.3) is 0 Å². The molecule has 0 aromatic carbocycles. The van der Waals surface area contributed by atoms with E-state index in [1.54, 1.807) is 28.8 Å². The number of carbonyl (C=O) groups is 1. The summed E-state index contributed by atoms with van der Waals surface area (Å²) in [6.45, 7) is 0.695. The lowest BCUT2D eigenvalue weighted by atomic mass is 10.1. The summed E-state index contributed by atoms with van der Waals surface area (Å²) in [6, 6.07) is 3.68. The van der Waals surface area contributed by atoms with Crippen LogP contribution in [0.4, 0.5) is 5.69 Å². The lowest BCUT2D eigenvalue weighted by molar-refractivity contribution is -0.120. The van der Waals surface area contributed by atoms with Crippen molar-refractivity contribution in [3.8, 4) is 0 Å². The molecule has 0 saturated carbocycles. The van der Waals surface area contributed by atoms with Gasteiger partial charge in [0.25, 0.3) is 0 Å². The molecule has 0 fully saturated rings. The Morgan fingerprint density at radius 3 is 3.11 bits per heavy atom. The van der Waals surface area contributed by atoms with Gasteiger partial charge in [-0.25, -0.2) is 0 Å². The molecule has 18 heavy (non-hydrogen) atoms. The predicted molar refractivity (Wildman–Crippen MR) is 70.9 cm³/mol. The smallest absolute Gasteiger partial charge is 0.249 e. The Hall–Kier alpha value is -1.59. The summed E-state index contributed by atoms with van der Waals surface area (Å²) in [6.07, 6.45) is 4.09. The van der Waals surface area contributed by atoms with Gasteiger partial charge in [-0.15, -0.1) is 11.3 Å². The average Bonchev–Trinajstić information content (AvgIpc) is 3.01. The lowest BCUT2D eigenvalue weighted by Crippen LogP contribution is -2.38. The van der Waals surface area contributed by atoms with Gasteiger partial charge in [0.05, 0.1) is 12.0 Å². The van der Waals surface area contributed by atoms with Crippen molar-refractivity contribution in [1.29, 1.82) is 0 Å². The van der Waals surface area contributed by atoms with Crippen LogP contribution >= 0.6 is 11.3 Å². The standard InChI is InChI=1S/C13H14N2O2S/c1-14-11-12-9(4-7-18-12)2-5-15(13(11)16)10-3-6-17-8-10/h3-4,6-8,11,14H,2,5H2,1H3. The second-order valence-electron chi connectivity index (χ2n) is 4.25. The zero-order chi connectivity index (χ0) is 12.5. The molecule has 5 heteroatoms. The summed E-state index contributed by atoms with van der Waals surface area (Å²) in [4.78, 5) is 15.5. The Balaban J connectivity index is 1.99. The molecule has 1 aliphatic heterocycles. The van der Waals surface area contributed by atoms with Gasteiger partial charge in [0.2, 0.25) is 5.91 Å². The number of nitrogens with one attached hydrogen (secondary N) is 1. The number of amides is 1. The van der Waals surface area contributed by atoms with E-state index in [-0.39, 0.29) is 11.9 Å². The van der Waals surface area contributed by atoms with E-state index in [1.165, 1.54) is 5.56 Å². The predicted octanol–water partition coefficient (Wildman–Crippen LogP) is 2.19. The molecule has 4 nitrogen and oxygen atoms in total. The highest BCUT2D eigenvalue weighted by atomic mass is 32.1. The van der Waals surface area contributed by atoms with Crippen molar-refractivity contribution < 1.29 is 9.21 Å². The molecule has 1 unspecified atom stereocenters. The van der Waals surface area contributed by atoms with E-state index in [1.807, 2.05) is 13.1 Å². The highest BCUT2D eigenvalue weighted by Crippen LogP contribution is 2.31. The fraction of sp³-hybridized carbons (Fsp3) is 0.308. The molecule has 1 aliphatic rings. The maximum Gasteiger partial charge on any atom is 0.249 e. The highest BCUT2D eigenvalue weighted by Gasteiger charge is 2.31. The summed E-state index contributed by atoms with van der Waals surface area (Å²) < 4.78 is 5.07. The number of rotatable bonds is 2. The molecule has 0 spiro atoms. The van der Waals surface area contributed by atoms with Gasteiger partial charge in [0.15, 0.2) is 0 Å². The topological polar surface area (TPSA) is 45.5 Å². The maximum atomic E-state index is 12.6. The third-order valence-corrected chi connectivity index (χ3v) is 4.29. The van der Waals surface area contributed by atoms with Crippen molar-refractivity contribution in [1.82, 2.24) is 5.32 Å². The van der Waals surface area contributed by atoms with Crippen LogP contribution in [0.5, 0.6) is 0 Å². The van der Waals surface area contributed by atoms with Gasteiger partial charge >= 0.3 is 0 Å². The van der Waals surface area contributed by atoms with Crippen LogP contribution in [0.1, 0.15) is 16.5 Å². The molecule has 3 heterocycles. The van der Waals surface area contributed by atoms with Gasteiger partial charge in [0, 0.05) is 17.5 Å². The van der Waals surface area contributed by atoms with E-state index in [4.69, 9.17) is 4.42 Å². The molecule has 1 atom stereocenters. The first-order valence-corrected chi connectivity index (χ1v) is 6.76. The molecule has 3 rings (SSSR count). The Labute approximate surface area is 109 Å². The molecule has 2 aromatic heterocycles. The largest absolute Gasteiger partial charge is 0.470 e. The molecular formula is C13H14N2O2S. The van der Waals surface area contributed by atoms with Gasteiger partial charge in [-0.1, -0.05) is 0 Å². The molecule has 2 aromatic rings. The average molecular weight is 262 g/mol. The molecular weight excluding hydrogens is 248 g/mol. The van der Waals surface area contributed by atoms with Crippen LogP contribution in [0.3, 0.4) is 0 Å². The minimum absolute atomic E-state index is 0.0834. The van der Waals surface area contributed by atoms with Crippen LogP contribution < -0.4 is 10.2 Å². The quantitative estimate of drug-likeness (QED) is 0.902. The fourth-order valence-electron chi connectivity index (χ4n) is 2.34. The van der Waals surface area contributed by atoms with Crippen molar-refractivity contribution in [2.75, 3.05) is 18.5 Å². The number of hydrogen-bond acceptors (Lipinski definition) is 4. The van der Waals surface area contributed by atoms with E-state index in [9.17, 15) is 4.79 Å². The highest BCUT2D eigenvalue weighted by molar-refractivity contribution is 7.10. The summed E-state index contributed by atoms with van der Waals surface area (Å²) in [5.74, 6) is 0.0834. The van der Waals surface area contributed by atoms with E-state index in [0.29, 0.717) is 6.54 Å². The zero-order valence-corrected chi connectivity index (χ0v) is 10.9. The molecule has 0 saturated heterocycles. The molecule has 0 radical (unpaired) electrons. The summed E-state index contributed by atoms with van der Waals surface area (Å²) in [5, 5.41) is 5.17. The number of carbonyl (C=O) groups excluding carboxylic acids is 1. The first kappa shape index (κ1) is 11.5. The number of nitrogens with zero attached hydrogens (tertiary/aromatic N) is 1. The van der Waals surface area contributed by atoms with Gasteiger partial charge in [-0.3, -0.25) is 4.79 Å². The first-order valence-electron chi connectivity index (χ1n) is 5.88. The van der Waals surface area contributed by atoms with E-state index < -0.39 is 0 Å². The number of furan rings is 1. The van der Waals surface area contributed by atoms with Crippen LogP contribution in [-0.2, 0) is 11.2 Å². The minimum Gasteiger partial charge on any atom is -0.470 e. The molecule has 0 bridgehead atoms. The minimum atomic E-state index is -0.252. The monoisotopic (exact) mass is 262 g/mol. The summed E-state index contributed by atoms with van der Waals surface area (Å²) in [5.41, 5.74) is 2.09. The van der Waals surface area contributed by atoms with E-state index in [2.05, 4.69) is 16.8 Å². The Morgan fingerprint density at radius 2 is 2.39 bits per heavy atom. The van der Waals surface area contributed by atoms with Crippen molar-refractivity contribution in [2.24, 2.45) is 0 Å². The maximum absolute atomic E-state index is 12.6. The lowest BCUT2D eigenvalue weighted by Gasteiger charge is -2.22. The van der Waals surface area contributed by atoms with Crippen LogP contribution in [0, 0.1) is 0 Å². The van der Waals surface area contributed by atoms with Crippen molar-refractivity contribution in [2.45, 2.75) is 12.5 Å². The second-order valence-corrected chi connectivity index (χ2v) is 5.20. The number of likely N-dealkylation sites (N-methyl/N-ethyl adjacent to an activating group) is 1. The number of hydrogen-bond donors (Lipinski definition) is 1. The molecule has 0 aliphatic carbocycles. The van der Waals surface area contributed by atoms with Crippen molar-refractivity contribution in [3.05, 3.63) is 40.5 Å². The van der Waals surface area contributed by atoms with E-state index >= 15 is 0 Å². The Bertz CT molecular complexity index is 547. The van der Waals surface area contributed by atoms with Gasteiger partial charge < -0.3 is 14.6 Å². The van der Waals surface area contributed by atoms with Crippen LogP contribution in [0.2, 0.25) is 0 Å². The third kappa shape index (κ3) is 1.76. The van der Waals surface area contributed by atoms with Gasteiger partial charge in [0.1, 0.15) is 12.3 Å². The zero-order valence-electron chi connectivity index (χ0n) is 10.1. The van der Waals surface area contributed by atoms with Crippen LogP contribution in [0.15, 0.2) is 34.5 Å². The normalized spacial score (nSPS) is 19.7. The van der Waals surface area contributed by atoms with Crippen molar-refractivity contribution >= 4 is 22.9 Å².